The highest BCUT2D eigenvalue weighted by Crippen LogP contribution is 2.07. The van der Waals surface area contributed by atoms with E-state index in [0.717, 1.165) is 6.08 Å². The van der Waals surface area contributed by atoms with E-state index in [1.165, 1.54) is 6.08 Å². The molecule has 0 saturated carbocycles. The zero-order valence-corrected chi connectivity index (χ0v) is 11.9. The number of nitrogens with one attached hydrogen (secondary N) is 2. The van der Waals surface area contributed by atoms with Crippen molar-refractivity contribution in [2.75, 3.05) is 6.54 Å². The van der Waals surface area contributed by atoms with Crippen LogP contribution in [0.1, 0.15) is 29.8 Å². The van der Waals surface area contributed by atoms with Crippen LogP contribution in [0.4, 0.5) is 0 Å². The third-order valence-electron chi connectivity index (χ3n) is 2.66. The first-order chi connectivity index (χ1) is 9.93. The molecule has 6 heteroatoms. The number of hydrogen-bond donors (Lipinski definition) is 3. The van der Waals surface area contributed by atoms with Crippen LogP contribution in [0.5, 0.6) is 0 Å². The molecule has 112 valence electrons. The number of carbonyl (C=O) groups is 3. The van der Waals surface area contributed by atoms with Gasteiger partial charge < -0.3 is 15.7 Å². The fraction of sp³-hybridized carbons (Fsp3) is 0.267. The third-order valence-corrected chi connectivity index (χ3v) is 2.66. The summed E-state index contributed by atoms with van der Waals surface area (Å²) in [6.07, 6.45) is 2.39. The minimum absolute atomic E-state index is 0.257. The highest BCUT2D eigenvalue weighted by atomic mass is 16.4. The second-order valence-electron chi connectivity index (χ2n) is 4.39. The topological polar surface area (TPSA) is 95.5 Å². The first-order valence-electron chi connectivity index (χ1n) is 6.53. The molecule has 0 radical (unpaired) electrons. The van der Waals surface area contributed by atoms with Crippen LogP contribution in [0.15, 0.2) is 30.3 Å². The summed E-state index contributed by atoms with van der Waals surface area (Å²) in [5.74, 6) is -1.71. The maximum absolute atomic E-state index is 12.0. The Balaban J connectivity index is 2.76. The van der Waals surface area contributed by atoms with E-state index in [1.807, 2.05) is 0 Å². The molecule has 0 bridgehead atoms. The summed E-state index contributed by atoms with van der Waals surface area (Å²) in [5.41, 5.74) is 0.953. The molecule has 0 heterocycles. The zero-order chi connectivity index (χ0) is 15.8. The molecule has 1 rings (SSSR count). The number of carbonyl (C=O) groups excluding carboxylic acids is 2. The normalized spacial score (nSPS) is 11.9. The Morgan fingerprint density at radius 1 is 1.33 bits per heavy atom. The predicted molar refractivity (Wildman–Crippen MR) is 78.7 cm³/mol. The van der Waals surface area contributed by atoms with Crippen molar-refractivity contribution in [2.24, 2.45) is 0 Å². The summed E-state index contributed by atoms with van der Waals surface area (Å²) < 4.78 is 0. The van der Waals surface area contributed by atoms with Crippen LogP contribution >= 0.6 is 0 Å². The van der Waals surface area contributed by atoms with Crippen molar-refractivity contribution in [1.29, 1.82) is 0 Å². The first-order valence-corrected chi connectivity index (χ1v) is 6.53. The lowest BCUT2D eigenvalue weighted by atomic mass is 10.1. The Kier molecular flexibility index (Phi) is 6.13. The molecule has 6 nitrogen and oxygen atoms in total. The van der Waals surface area contributed by atoms with Crippen LogP contribution < -0.4 is 10.6 Å². The lowest BCUT2D eigenvalue weighted by Gasteiger charge is -2.13. The summed E-state index contributed by atoms with van der Waals surface area (Å²) in [5, 5.41) is 13.8. The van der Waals surface area contributed by atoms with Gasteiger partial charge in [-0.25, -0.2) is 4.79 Å². The van der Waals surface area contributed by atoms with E-state index in [9.17, 15) is 14.4 Å². The molecule has 1 atom stereocenters. The molecule has 2 amide bonds. The minimum atomic E-state index is -1.06. The second kappa shape index (κ2) is 7.84. The number of carboxylic acids is 1. The van der Waals surface area contributed by atoms with Gasteiger partial charge in [0.15, 0.2) is 0 Å². The molecule has 0 saturated heterocycles. The van der Waals surface area contributed by atoms with Gasteiger partial charge in [-0.15, -0.1) is 0 Å². The van der Waals surface area contributed by atoms with Gasteiger partial charge in [-0.2, -0.15) is 0 Å². The zero-order valence-electron chi connectivity index (χ0n) is 11.9. The Labute approximate surface area is 122 Å². The number of amides is 2. The molecule has 0 aromatic heterocycles. The van der Waals surface area contributed by atoms with E-state index < -0.39 is 12.0 Å². The molecular weight excluding hydrogens is 272 g/mol. The number of likely N-dealkylation sites (N-methyl/N-ethyl adjacent to an activating group) is 1. The van der Waals surface area contributed by atoms with Crippen molar-refractivity contribution in [3.63, 3.8) is 0 Å². The van der Waals surface area contributed by atoms with E-state index in [2.05, 4.69) is 10.6 Å². The van der Waals surface area contributed by atoms with Gasteiger partial charge >= 0.3 is 5.97 Å². The van der Waals surface area contributed by atoms with Crippen LogP contribution in [0.25, 0.3) is 6.08 Å². The summed E-state index contributed by atoms with van der Waals surface area (Å²) >= 11 is 0. The maximum atomic E-state index is 12.0. The van der Waals surface area contributed by atoms with Gasteiger partial charge in [0.2, 0.25) is 5.91 Å². The quantitative estimate of drug-likeness (QED) is 0.682. The smallest absolute Gasteiger partial charge is 0.328 e. The van der Waals surface area contributed by atoms with Crippen molar-refractivity contribution in [3.8, 4) is 0 Å². The average Bonchev–Trinajstić information content (AvgIpc) is 2.45. The second-order valence-corrected chi connectivity index (χ2v) is 4.39. The van der Waals surface area contributed by atoms with Crippen LogP contribution in [0.3, 0.4) is 0 Å². The highest BCUT2D eigenvalue weighted by molar-refractivity contribution is 5.98. The number of carboxylic acid groups (broad SMARTS) is 1. The van der Waals surface area contributed by atoms with E-state index in [0.29, 0.717) is 17.7 Å². The SMILES string of the molecule is CCNC(=O)C(C)NC(=O)c1cccc(C=CC(=O)O)c1. The molecule has 0 aliphatic heterocycles. The Morgan fingerprint density at radius 3 is 2.67 bits per heavy atom. The number of rotatable bonds is 6. The molecule has 3 N–H and O–H groups in total. The lowest BCUT2D eigenvalue weighted by Crippen LogP contribution is -2.44. The predicted octanol–water partition coefficient (Wildman–Crippen LogP) is 1.04. The Bertz CT molecular complexity index is 567. The monoisotopic (exact) mass is 290 g/mol. The molecule has 0 aliphatic carbocycles. The molecular formula is C15H18N2O4. The number of benzene rings is 1. The van der Waals surface area contributed by atoms with E-state index in [-0.39, 0.29) is 11.8 Å². The van der Waals surface area contributed by atoms with Crippen LogP contribution in [0, 0.1) is 0 Å². The van der Waals surface area contributed by atoms with E-state index in [1.54, 1.807) is 38.1 Å². The van der Waals surface area contributed by atoms with Crippen molar-refractivity contribution >= 4 is 23.9 Å². The van der Waals surface area contributed by atoms with Crippen molar-refractivity contribution in [2.45, 2.75) is 19.9 Å². The van der Waals surface area contributed by atoms with Gasteiger partial charge in [0.05, 0.1) is 0 Å². The van der Waals surface area contributed by atoms with Gasteiger partial charge in [-0.3, -0.25) is 9.59 Å². The van der Waals surface area contributed by atoms with Crippen LogP contribution in [-0.4, -0.2) is 35.5 Å². The summed E-state index contributed by atoms with van der Waals surface area (Å²) in [4.78, 5) is 34.0. The third kappa shape index (κ3) is 5.48. The Morgan fingerprint density at radius 2 is 2.05 bits per heavy atom. The molecule has 1 aromatic rings. The van der Waals surface area contributed by atoms with Gasteiger partial charge in [0.1, 0.15) is 6.04 Å². The maximum Gasteiger partial charge on any atom is 0.328 e. The van der Waals surface area contributed by atoms with E-state index >= 15 is 0 Å². The fourth-order valence-electron chi connectivity index (χ4n) is 1.62. The van der Waals surface area contributed by atoms with Crippen LogP contribution in [0.2, 0.25) is 0 Å². The average molecular weight is 290 g/mol. The van der Waals surface area contributed by atoms with Gasteiger partial charge in [-0.05, 0) is 37.6 Å². The number of hydrogen-bond acceptors (Lipinski definition) is 3. The van der Waals surface area contributed by atoms with Crippen LogP contribution in [-0.2, 0) is 9.59 Å². The minimum Gasteiger partial charge on any atom is -0.478 e. The van der Waals surface area contributed by atoms with Crippen molar-refractivity contribution < 1.29 is 19.5 Å². The molecule has 0 aliphatic rings. The van der Waals surface area contributed by atoms with Gasteiger partial charge in [0, 0.05) is 18.2 Å². The largest absolute Gasteiger partial charge is 0.478 e. The first kappa shape index (κ1) is 16.4. The molecule has 0 fully saturated rings. The van der Waals surface area contributed by atoms with Gasteiger partial charge in [-0.1, -0.05) is 12.1 Å². The van der Waals surface area contributed by atoms with E-state index in [4.69, 9.17) is 5.11 Å². The standard InChI is InChI=1S/C15H18N2O4/c1-3-16-14(20)10(2)17-15(21)12-6-4-5-11(9-12)7-8-13(18)19/h4-10H,3H2,1-2H3,(H,16,20)(H,17,21)(H,18,19). The Hall–Kier alpha value is -2.63. The highest BCUT2D eigenvalue weighted by Gasteiger charge is 2.15. The molecule has 1 unspecified atom stereocenters. The number of aliphatic carboxylic acids is 1. The molecule has 21 heavy (non-hydrogen) atoms. The lowest BCUT2D eigenvalue weighted by molar-refractivity contribution is -0.131. The van der Waals surface area contributed by atoms with Crippen molar-refractivity contribution in [3.05, 3.63) is 41.5 Å². The summed E-state index contributed by atoms with van der Waals surface area (Å²) in [7, 11) is 0. The molecule has 1 aromatic carbocycles. The fourth-order valence-corrected chi connectivity index (χ4v) is 1.62. The summed E-state index contributed by atoms with van der Waals surface area (Å²) in [6, 6.07) is 5.84. The molecule has 0 spiro atoms. The van der Waals surface area contributed by atoms with Gasteiger partial charge in [0.25, 0.3) is 5.91 Å². The summed E-state index contributed by atoms with van der Waals surface area (Å²) in [6.45, 7) is 3.89. The van der Waals surface area contributed by atoms with Crippen molar-refractivity contribution in [1.82, 2.24) is 10.6 Å².